The Bertz CT molecular complexity index is 1400. The minimum absolute atomic E-state index is 0.0345. The number of ether oxygens (including phenoxy) is 1. The normalized spacial score (nSPS) is 14.4. The lowest BCUT2D eigenvalue weighted by molar-refractivity contribution is -0.135. The van der Waals surface area contributed by atoms with Gasteiger partial charge in [0.25, 0.3) is 5.91 Å². The van der Waals surface area contributed by atoms with Crippen molar-refractivity contribution < 1.29 is 24.2 Å². The number of aromatic nitrogens is 1. The number of fused-ring (bicyclic) bond motifs is 2. The molecule has 2 amide bonds. The van der Waals surface area contributed by atoms with Gasteiger partial charge in [0.15, 0.2) is 11.5 Å². The van der Waals surface area contributed by atoms with Crippen LogP contribution >= 0.6 is 0 Å². The standard InChI is InChI=1S/C24H22N4O6/c1-14(29)26-8-10-27(11-9-26)18-7-6-15-21-23(18)34-19-5-3-2-4-17(19)28(21)13-16(22(15)32)24(33)25-12-20(30)31/h2-7,13H,8-12H2,1H3,(H,25,33)(H,30,31). The summed E-state index contributed by atoms with van der Waals surface area (Å²) in [5, 5.41) is 11.4. The average Bonchev–Trinajstić information content (AvgIpc) is 2.84. The Kier molecular flexibility index (Phi) is 5.20. The van der Waals surface area contributed by atoms with Gasteiger partial charge in [-0.15, -0.1) is 0 Å². The van der Waals surface area contributed by atoms with Crippen LogP contribution in [0.3, 0.4) is 0 Å². The van der Waals surface area contributed by atoms with E-state index in [1.165, 1.54) is 6.20 Å². The number of hydrogen-bond donors (Lipinski definition) is 2. The molecule has 34 heavy (non-hydrogen) atoms. The number of nitrogens with one attached hydrogen (secondary N) is 1. The third kappa shape index (κ3) is 3.53. The van der Waals surface area contributed by atoms with Crippen molar-refractivity contribution in [2.75, 3.05) is 37.6 Å². The quantitative estimate of drug-likeness (QED) is 0.472. The molecule has 0 aliphatic carbocycles. The Hall–Kier alpha value is -4.34. The highest BCUT2D eigenvalue weighted by molar-refractivity contribution is 6.01. The fourth-order valence-electron chi connectivity index (χ4n) is 4.45. The van der Waals surface area contributed by atoms with Crippen LogP contribution in [-0.2, 0) is 9.59 Å². The van der Waals surface area contributed by atoms with Crippen LogP contribution in [0.2, 0.25) is 0 Å². The molecule has 0 radical (unpaired) electrons. The Labute approximate surface area is 193 Å². The SMILES string of the molecule is CC(=O)N1CCN(c2ccc3c(=O)c(C(=O)NCC(=O)O)cn4c3c2Oc2ccccc2-4)CC1. The molecule has 0 saturated carbocycles. The number of hydrogen-bond acceptors (Lipinski definition) is 6. The second-order valence-corrected chi connectivity index (χ2v) is 8.19. The zero-order valence-corrected chi connectivity index (χ0v) is 18.4. The summed E-state index contributed by atoms with van der Waals surface area (Å²) in [5.41, 5.74) is 1.32. The summed E-state index contributed by atoms with van der Waals surface area (Å²) in [7, 11) is 0. The van der Waals surface area contributed by atoms with E-state index in [2.05, 4.69) is 10.2 Å². The van der Waals surface area contributed by atoms with Crippen LogP contribution in [0.15, 0.2) is 47.4 Å². The highest BCUT2D eigenvalue weighted by Crippen LogP contribution is 2.45. The van der Waals surface area contributed by atoms with Gasteiger partial charge in [0.05, 0.1) is 16.8 Å². The molecule has 5 rings (SSSR count). The van der Waals surface area contributed by atoms with Gasteiger partial charge in [0.1, 0.15) is 17.6 Å². The Balaban J connectivity index is 1.66. The number of carboxylic acid groups (broad SMARTS) is 1. The van der Waals surface area contributed by atoms with Gasteiger partial charge in [0, 0.05) is 39.3 Å². The number of nitrogens with zero attached hydrogens (tertiary/aromatic N) is 3. The zero-order chi connectivity index (χ0) is 24.0. The summed E-state index contributed by atoms with van der Waals surface area (Å²) < 4.78 is 8.03. The summed E-state index contributed by atoms with van der Waals surface area (Å²) in [5.74, 6) is -0.861. The first-order valence-corrected chi connectivity index (χ1v) is 10.8. The van der Waals surface area contributed by atoms with Crippen LogP contribution in [0.1, 0.15) is 17.3 Å². The molecule has 1 fully saturated rings. The lowest BCUT2D eigenvalue weighted by Gasteiger charge is -2.37. The van der Waals surface area contributed by atoms with Crippen molar-refractivity contribution in [3.8, 4) is 17.2 Å². The highest BCUT2D eigenvalue weighted by atomic mass is 16.5. The molecule has 2 aliphatic rings. The van der Waals surface area contributed by atoms with Gasteiger partial charge >= 0.3 is 5.97 Å². The molecule has 0 unspecified atom stereocenters. The number of amides is 2. The number of carboxylic acids is 1. The predicted molar refractivity (Wildman–Crippen MR) is 124 cm³/mol. The number of carbonyl (C=O) groups is 3. The molecule has 3 aromatic rings. The third-order valence-corrected chi connectivity index (χ3v) is 6.15. The maximum atomic E-state index is 13.2. The van der Waals surface area contributed by atoms with Gasteiger partial charge in [-0.05, 0) is 24.3 Å². The number of anilines is 1. The van der Waals surface area contributed by atoms with Gasteiger partial charge in [-0.1, -0.05) is 12.1 Å². The molecule has 0 atom stereocenters. The molecule has 0 bridgehead atoms. The minimum atomic E-state index is -1.20. The number of benzene rings is 2. The minimum Gasteiger partial charge on any atom is -0.480 e. The van der Waals surface area contributed by atoms with E-state index in [9.17, 15) is 19.2 Å². The molecule has 1 aromatic heterocycles. The number of piperazine rings is 1. The molecule has 3 heterocycles. The Morgan fingerprint density at radius 1 is 1.03 bits per heavy atom. The van der Waals surface area contributed by atoms with E-state index in [1.54, 1.807) is 34.6 Å². The van der Waals surface area contributed by atoms with E-state index >= 15 is 0 Å². The molecule has 2 aliphatic heterocycles. The summed E-state index contributed by atoms with van der Waals surface area (Å²) >= 11 is 0. The molecular formula is C24H22N4O6. The predicted octanol–water partition coefficient (Wildman–Crippen LogP) is 1.58. The smallest absolute Gasteiger partial charge is 0.322 e. The molecular weight excluding hydrogens is 440 g/mol. The van der Waals surface area contributed by atoms with Crippen molar-refractivity contribution in [3.05, 3.63) is 58.4 Å². The second-order valence-electron chi connectivity index (χ2n) is 8.19. The Morgan fingerprint density at radius 2 is 1.76 bits per heavy atom. The topological polar surface area (TPSA) is 121 Å². The van der Waals surface area contributed by atoms with Gasteiger partial charge in [-0.2, -0.15) is 0 Å². The van der Waals surface area contributed by atoms with Crippen molar-refractivity contribution >= 4 is 34.4 Å². The number of aliphatic carboxylic acids is 1. The maximum absolute atomic E-state index is 13.2. The zero-order valence-electron chi connectivity index (χ0n) is 18.4. The number of pyridine rings is 1. The molecule has 0 spiro atoms. The molecule has 10 heteroatoms. The molecule has 10 nitrogen and oxygen atoms in total. The maximum Gasteiger partial charge on any atom is 0.322 e. The summed E-state index contributed by atoms with van der Waals surface area (Å²) in [6.45, 7) is 3.36. The third-order valence-electron chi connectivity index (χ3n) is 6.15. The molecule has 2 N–H and O–H groups in total. The molecule has 174 valence electrons. The van der Waals surface area contributed by atoms with Crippen molar-refractivity contribution in [1.82, 2.24) is 14.8 Å². The van der Waals surface area contributed by atoms with Crippen LogP contribution in [0.5, 0.6) is 11.5 Å². The Morgan fingerprint density at radius 3 is 2.47 bits per heavy atom. The molecule has 2 aromatic carbocycles. The van der Waals surface area contributed by atoms with Crippen molar-refractivity contribution in [3.63, 3.8) is 0 Å². The number of rotatable bonds is 4. The monoisotopic (exact) mass is 462 g/mol. The lowest BCUT2D eigenvalue weighted by atomic mass is 10.1. The fourth-order valence-corrected chi connectivity index (χ4v) is 4.45. The van der Waals surface area contributed by atoms with Gasteiger partial charge < -0.3 is 29.5 Å². The average molecular weight is 462 g/mol. The summed E-state index contributed by atoms with van der Waals surface area (Å²) in [6, 6.07) is 10.7. The van der Waals surface area contributed by atoms with Crippen LogP contribution in [-0.4, -0.2) is 65.1 Å². The fraction of sp³-hybridized carbons (Fsp3) is 0.250. The number of para-hydroxylation sites is 2. The van der Waals surface area contributed by atoms with E-state index in [0.29, 0.717) is 54.3 Å². The van der Waals surface area contributed by atoms with Crippen LogP contribution < -0.4 is 20.4 Å². The lowest BCUT2D eigenvalue weighted by Crippen LogP contribution is -2.48. The van der Waals surface area contributed by atoms with E-state index in [0.717, 1.165) is 5.69 Å². The van der Waals surface area contributed by atoms with Crippen LogP contribution in [0.25, 0.3) is 16.6 Å². The van der Waals surface area contributed by atoms with Crippen LogP contribution in [0.4, 0.5) is 5.69 Å². The second kappa shape index (κ2) is 8.22. The van der Waals surface area contributed by atoms with Crippen LogP contribution in [0, 0.1) is 0 Å². The van der Waals surface area contributed by atoms with E-state index < -0.39 is 23.9 Å². The van der Waals surface area contributed by atoms with Gasteiger partial charge in [-0.3, -0.25) is 19.2 Å². The van der Waals surface area contributed by atoms with Crippen molar-refractivity contribution in [2.24, 2.45) is 0 Å². The largest absolute Gasteiger partial charge is 0.480 e. The van der Waals surface area contributed by atoms with E-state index in [4.69, 9.17) is 9.84 Å². The van der Waals surface area contributed by atoms with E-state index in [-0.39, 0.29) is 11.5 Å². The molecule has 1 saturated heterocycles. The summed E-state index contributed by atoms with van der Waals surface area (Å²) in [6.07, 6.45) is 1.43. The first kappa shape index (κ1) is 21.5. The van der Waals surface area contributed by atoms with Gasteiger partial charge in [-0.25, -0.2) is 0 Å². The van der Waals surface area contributed by atoms with Gasteiger partial charge in [0.2, 0.25) is 11.3 Å². The number of carbonyl (C=O) groups excluding carboxylic acids is 2. The van der Waals surface area contributed by atoms with Crippen molar-refractivity contribution in [1.29, 1.82) is 0 Å². The summed E-state index contributed by atoms with van der Waals surface area (Å²) in [4.78, 5) is 52.4. The van der Waals surface area contributed by atoms with E-state index in [1.807, 2.05) is 18.2 Å². The first-order chi connectivity index (χ1) is 16.3. The first-order valence-electron chi connectivity index (χ1n) is 10.8. The highest BCUT2D eigenvalue weighted by Gasteiger charge is 2.29. The van der Waals surface area contributed by atoms with Crippen molar-refractivity contribution in [2.45, 2.75) is 6.92 Å².